The average Bonchev–Trinajstić information content (AvgIpc) is 2.40. The molecule has 1 aromatic carbocycles. The summed E-state index contributed by atoms with van der Waals surface area (Å²) < 4.78 is 13.3. The van der Waals surface area contributed by atoms with Crippen LogP contribution >= 0.6 is 0 Å². The second kappa shape index (κ2) is 5.69. The summed E-state index contributed by atoms with van der Waals surface area (Å²) in [7, 11) is 0. The minimum atomic E-state index is -0.192. The largest absolute Gasteiger partial charge is 0.304 e. The number of rotatable bonds is 4. The first-order chi connectivity index (χ1) is 8.72. The van der Waals surface area contributed by atoms with E-state index < -0.39 is 0 Å². The van der Waals surface area contributed by atoms with Crippen LogP contribution in [0.4, 0.5) is 4.39 Å². The van der Waals surface area contributed by atoms with Crippen molar-refractivity contribution in [1.29, 1.82) is 0 Å². The van der Waals surface area contributed by atoms with Crippen molar-refractivity contribution in [3.63, 3.8) is 0 Å². The van der Waals surface area contributed by atoms with Crippen LogP contribution in [0.2, 0.25) is 0 Å². The highest BCUT2D eigenvalue weighted by Gasteiger charge is 2.16. The first-order valence-electron chi connectivity index (χ1n) is 5.98. The van der Waals surface area contributed by atoms with E-state index in [0.29, 0.717) is 11.4 Å². The summed E-state index contributed by atoms with van der Waals surface area (Å²) >= 11 is 0. The van der Waals surface area contributed by atoms with E-state index in [1.807, 2.05) is 13.0 Å². The van der Waals surface area contributed by atoms with Gasteiger partial charge in [-0.3, -0.25) is 0 Å². The van der Waals surface area contributed by atoms with Gasteiger partial charge in [-0.15, -0.1) is 0 Å². The molecule has 4 heteroatoms. The van der Waals surface area contributed by atoms with Crippen molar-refractivity contribution in [3.8, 4) is 0 Å². The lowest BCUT2D eigenvalue weighted by Crippen LogP contribution is -2.24. The molecule has 1 N–H and O–H groups in total. The molecule has 18 heavy (non-hydrogen) atoms. The van der Waals surface area contributed by atoms with Crippen molar-refractivity contribution < 1.29 is 4.39 Å². The molecule has 2 aromatic rings. The minimum Gasteiger partial charge on any atom is -0.304 e. The number of benzene rings is 1. The van der Waals surface area contributed by atoms with Crippen LogP contribution in [0.3, 0.4) is 0 Å². The van der Waals surface area contributed by atoms with Crippen molar-refractivity contribution >= 4 is 0 Å². The van der Waals surface area contributed by atoms with Gasteiger partial charge in [0, 0.05) is 12.4 Å². The molecule has 0 saturated heterocycles. The lowest BCUT2D eigenvalue weighted by Gasteiger charge is -2.17. The second-order valence-electron chi connectivity index (χ2n) is 4.11. The van der Waals surface area contributed by atoms with Crippen LogP contribution in [0.5, 0.6) is 0 Å². The molecule has 0 spiro atoms. The van der Waals surface area contributed by atoms with Crippen molar-refractivity contribution in [3.05, 3.63) is 59.4 Å². The molecule has 0 radical (unpaired) electrons. The zero-order valence-electron chi connectivity index (χ0n) is 10.5. The number of nitrogens with one attached hydrogen (secondary N) is 1. The molecule has 0 bridgehead atoms. The van der Waals surface area contributed by atoms with Crippen LogP contribution in [-0.4, -0.2) is 16.5 Å². The summed E-state index contributed by atoms with van der Waals surface area (Å²) in [5.41, 5.74) is 1.60. The molecule has 0 aliphatic carbocycles. The third-order valence-electron chi connectivity index (χ3n) is 2.77. The third-order valence-corrected chi connectivity index (χ3v) is 2.77. The number of aryl methyl sites for hydroxylation is 1. The lowest BCUT2D eigenvalue weighted by atomic mass is 10.0. The monoisotopic (exact) mass is 245 g/mol. The van der Waals surface area contributed by atoms with Gasteiger partial charge in [-0.2, -0.15) is 0 Å². The summed E-state index contributed by atoms with van der Waals surface area (Å²) in [5.74, 6) is 0.508. The summed E-state index contributed by atoms with van der Waals surface area (Å²) in [6, 6.07) is 6.77. The molecule has 0 fully saturated rings. The molecule has 0 amide bonds. The van der Waals surface area contributed by atoms with Gasteiger partial charge in [0.2, 0.25) is 0 Å². The molecule has 1 atom stereocenters. The van der Waals surface area contributed by atoms with E-state index in [2.05, 4.69) is 15.3 Å². The predicted molar refractivity (Wildman–Crippen MR) is 68.7 cm³/mol. The van der Waals surface area contributed by atoms with Gasteiger partial charge in [0.15, 0.2) is 0 Å². The Labute approximate surface area is 106 Å². The Morgan fingerprint density at radius 1 is 1.28 bits per heavy atom. The molecular formula is C14H16FN3. The Hall–Kier alpha value is -1.81. The van der Waals surface area contributed by atoms with Gasteiger partial charge in [-0.25, -0.2) is 14.4 Å². The fourth-order valence-electron chi connectivity index (χ4n) is 1.87. The number of halogens is 1. The maximum atomic E-state index is 13.3. The molecule has 1 aromatic heterocycles. The van der Waals surface area contributed by atoms with Crippen LogP contribution < -0.4 is 5.32 Å². The Morgan fingerprint density at radius 3 is 2.61 bits per heavy atom. The van der Waals surface area contributed by atoms with Gasteiger partial charge in [0.05, 0.1) is 6.04 Å². The minimum absolute atomic E-state index is 0.101. The van der Waals surface area contributed by atoms with E-state index in [0.717, 1.165) is 12.1 Å². The van der Waals surface area contributed by atoms with Crippen molar-refractivity contribution in [2.75, 3.05) is 6.54 Å². The highest BCUT2D eigenvalue weighted by Crippen LogP contribution is 2.20. The zero-order chi connectivity index (χ0) is 13.0. The SMILES string of the molecule is CCNC(c1ccc(F)c(C)c1)c1ncccn1. The van der Waals surface area contributed by atoms with E-state index in [1.165, 1.54) is 6.07 Å². The van der Waals surface area contributed by atoms with Gasteiger partial charge >= 0.3 is 0 Å². The van der Waals surface area contributed by atoms with Crippen molar-refractivity contribution in [2.45, 2.75) is 19.9 Å². The predicted octanol–water partition coefficient (Wildman–Crippen LogP) is 2.62. The second-order valence-corrected chi connectivity index (χ2v) is 4.11. The van der Waals surface area contributed by atoms with Crippen LogP contribution in [0.25, 0.3) is 0 Å². The molecule has 1 unspecified atom stereocenters. The summed E-state index contributed by atoms with van der Waals surface area (Å²) in [4.78, 5) is 8.52. The fourth-order valence-corrected chi connectivity index (χ4v) is 1.87. The number of hydrogen-bond acceptors (Lipinski definition) is 3. The Morgan fingerprint density at radius 2 is 2.00 bits per heavy atom. The lowest BCUT2D eigenvalue weighted by molar-refractivity contribution is 0.588. The Balaban J connectivity index is 2.38. The molecule has 94 valence electrons. The van der Waals surface area contributed by atoms with Gasteiger partial charge < -0.3 is 5.32 Å². The Kier molecular flexibility index (Phi) is 3.99. The first-order valence-corrected chi connectivity index (χ1v) is 5.98. The molecule has 3 nitrogen and oxygen atoms in total. The van der Waals surface area contributed by atoms with E-state index in [1.54, 1.807) is 31.5 Å². The highest BCUT2D eigenvalue weighted by molar-refractivity contribution is 5.30. The fraction of sp³-hybridized carbons (Fsp3) is 0.286. The van der Waals surface area contributed by atoms with E-state index in [-0.39, 0.29) is 11.9 Å². The molecule has 0 aliphatic heterocycles. The van der Waals surface area contributed by atoms with Crippen LogP contribution in [0, 0.1) is 12.7 Å². The van der Waals surface area contributed by atoms with E-state index in [9.17, 15) is 4.39 Å². The van der Waals surface area contributed by atoms with Crippen molar-refractivity contribution in [1.82, 2.24) is 15.3 Å². The molecule has 0 aliphatic rings. The van der Waals surface area contributed by atoms with Gasteiger partial charge in [0.1, 0.15) is 11.6 Å². The van der Waals surface area contributed by atoms with Crippen LogP contribution in [0.15, 0.2) is 36.7 Å². The molecule has 0 saturated carbocycles. The topological polar surface area (TPSA) is 37.8 Å². The molecule has 2 rings (SSSR count). The summed E-state index contributed by atoms with van der Waals surface area (Å²) in [6.45, 7) is 4.57. The molecule has 1 heterocycles. The quantitative estimate of drug-likeness (QED) is 0.899. The van der Waals surface area contributed by atoms with Crippen LogP contribution in [0.1, 0.15) is 29.9 Å². The van der Waals surface area contributed by atoms with Crippen molar-refractivity contribution in [2.24, 2.45) is 0 Å². The number of aromatic nitrogens is 2. The van der Waals surface area contributed by atoms with Gasteiger partial charge in [-0.05, 0) is 36.7 Å². The number of hydrogen-bond donors (Lipinski definition) is 1. The average molecular weight is 245 g/mol. The normalized spacial score (nSPS) is 12.4. The Bertz CT molecular complexity index is 514. The van der Waals surface area contributed by atoms with Gasteiger partial charge in [-0.1, -0.05) is 19.1 Å². The summed E-state index contributed by atoms with van der Waals surface area (Å²) in [5, 5.41) is 3.31. The number of nitrogens with zero attached hydrogens (tertiary/aromatic N) is 2. The van der Waals surface area contributed by atoms with E-state index in [4.69, 9.17) is 0 Å². The highest BCUT2D eigenvalue weighted by atomic mass is 19.1. The third kappa shape index (κ3) is 2.71. The summed E-state index contributed by atoms with van der Waals surface area (Å²) in [6.07, 6.45) is 3.42. The standard InChI is InChI=1S/C14H16FN3/c1-3-16-13(14-17-7-4-8-18-14)11-5-6-12(15)10(2)9-11/h4-9,13,16H,3H2,1-2H3. The maximum absolute atomic E-state index is 13.3. The van der Waals surface area contributed by atoms with Gasteiger partial charge in [0.25, 0.3) is 0 Å². The smallest absolute Gasteiger partial charge is 0.149 e. The zero-order valence-corrected chi connectivity index (χ0v) is 10.5. The molecular weight excluding hydrogens is 229 g/mol. The first kappa shape index (κ1) is 12.6. The van der Waals surface area contributed by atoms with E-state index >= 15 is 0 Å². The van der Waals surface area contributed by atoms with Crippen LogP contribution in [-0.2, 0) is 0 Å². The maximum Gasteiger partial charge on any atom is 0.149 e.